The molecule has 0 spiro atoms. The smallest absolute Gasteiger partial charge is 0.0923 e. The van der Waals surface area contributed by atoms with Crippen LogP contribution in [0.4, 0.5) is 5.69 Å². The second-order valence-corrected chi connectivity index (χ2v) is 8.35. The third-order valence-corrected chi connectivity index (χ3v) is 6.54. The molecule has 1 saturated heterocycles. The van der Waals surface area contributed by atoms with E-state index in [1.807, 2.05) is 0 Å². The molecule has 4 rings (SSSR count). The highest BCUT2D eigenvalue weighted by molar-refractivity contribution is 5.65. The number of rotatable bonds is 6. The molecule has 1 fully saturated rings. The molecule has 0 N–H and O–H groups in total. The summed E-state index contributed by atoms with van der Waals surface area (Å²) in [5.74, 6) is 0. The van der Waals surface area contributed by atoms with Crippen molar-refractivity contribution in [2.45, 2.75) is 51.7 Å². The highest BCUT2D eigenvalue weighted by atomic mass is 15.4. The fourth-order valence-corrected chi connectivity index (χ4v) is 5.08. The quantitative estimate of drug-likeness (QED) is 0.582. The van der Waals surface area contributed by atoms with Crippen LogP contribution >= 0.6 is 0 Å². The molecular weight excluding hydrogens is 340 g/mol. The first-order valence-electron chi connectivity index (χ1n) is 10.6. The molecule has 146 valence electrons. The van der Waals surface area contributed by atoms with Gasteiger partial charge in [-0.25, -0.2) is 0 Å². The first-order chi connectivity index (χ1) is 13.7. The Labute approximate surface area is 170 Å². The van der Waals surface area contributed by atoms with E-state index in [1.54, 1.807) is 0 Å². The molecule has 2 heterocycles. The number of anilines is 1. The maximum atomic E-state index is 2.71. The second kappa shape index (κ2) is 7.97. The summed E-state index contributed by atoms with van der Waals surface area (Å²) in [6, 6.07) is 20.0. The van der Waals surface area contributed by atoms with Gasteiger partial charge in [-0.05, 0) is 37.0 Å². The van der Waals surface area contributed by atoms with Gasteiger partial charge in [-0.15, -0.1) is 0 Å². The van der Waals surface area contributed by atoms with Gasteiger partial charge >= 0.3 is 0 Å². The average Bonchev–Trinajstić information content (AvgIpc) is 3.18. The van der Waals surface area contributed by atoms with Gasteiger partial charge in [0.1, 0.15) is 0 Å². The lowest BCUT2D eigenvalue weighted by Crippen LogP contribution is -2.49. The standard InChI is InChI=1S/C26H32N2/c1-4-6-12-21(5-2)19-27-18-17-26(3)23-15-10-11-16-24(23)28(25(26)27)20-22-13-8-7-9-14-22/h4,6-16,25H,5,17-20H2,1-3H3/b6-4-,21-12+. The van der Waals surface area contributed by atoms with Gasteiger partial charge in [-0.1, -0.05) is 86.2 Å². The van der Waals surface area contributed by atoms with Gasteiger partial charge in [0.2, 0.25) is 0 Å². The Morgan fingerprint density at radius 2 is 1.86 bits per heavy atom. The van der Waals surface area contributed by atoms with Gasteiger partial charge in [0.15, 0.2) is 0 Å². The van der Waals surface area contributed by atoms with Crippen LogP contribution in [-0.2, 0) is 12.0 Å². The molecule has 28 heavy (non-hydrogen) atoms. The van der Waals surface area contributed by atoms with Crippen LogP contribution in [0.25, 0.3) is 0 Å². The van der Waals surface area contributed by atoms with E-state index in [9.17, 15) is 0 Å². The first kappa shape index (κ1) is 19.0. The van der Waals surface area contributed by atoms with Gasteiger partial charge in [0.05, 0.1) is 6.17 Å². The second-order valence-electron chi connectivity index (χ2n) is 8.35. The molecule has 0 bridgehead atoms. The Morgan fingerprint density at radius 1 is 1.11 bits per heavy atom. The minimum absolute atomic E-state index is 0.199. The number of likely N-dealkylation sites (tertiary alicyclic amines) is 1. The fraction of sp³-hybridized carbons (Fsp3) is 0.385. The van der Waals surface area contributed by atoms with Crippen molar-refractivity contribution < 1.29 is 0 Å². The van der Waals surface area contributed by atoms with Crippen molar-refractivity contribution in [3.05, 3.63) is 89.5 Å². The third kappa shape index (κ3) is 3.31. The van der Waals surface area contributed by atoms with Crippen molar-refractivity contribution in [3.8, 4) is 0 Å². The molecule has 2 aliphatic rings. The Balaban J connectivity index is 1.69. The molecule has 2 atom stereocenters. The number of para-hydroxylation sites is 1. The first-order valence-corrected chi connectivity index (χ1v) is 10.6. The summed E-state index contributed by atoms with van der Waals surface area (Å²) in [4.78, 5) is 5.36. The van der Waals surface area contributed by atoms with Crippen molar-refractivity contribution in [2.24, 2.45) is 0 Å². The van der Waals surface area contributed by atoms with Crippen molar-refractivity contribution in [1.82, 2.24) is 4.90 Å². The summed E-state index contributed by atoms with van der Waals surface area (Å²) in [6.45, 7) is 10.0. The van der Waals surface area contributed by atoms with Gasteiger partial charge in [0.25, 0.3) is 0 Å². The number of fused-ring (bicyclic) bond motifs is 3. The van der Waals surface area contributed by atoms with E-state index in [2.05, 4.69) is 103 Å². The van der Waals surface area contributed by atoms with E-state index in [4.69, 9.17) is 0 Å². The molecule has 2 heteroatoms. The largest absolute Gasteiger partial charge is 0.350 e. The predicted octanol–water partition coefficient (Wildman–Crippen LogP) is 5.91. The predicted molar refractivity (Wildman–Crippen MR) is 120 cm³/mol. The molecule has 2 aliphatic heterocycles. The summed E-state index contributed by atoms with van der Waals surface area (Å²) in [5.41, 5.74) is 6.03. The summed E-state index contributed by atoms with van der Waals surface area (Å²) < 4.78 is 0. The van der Waals surface area contributed by atoms with E-state index >= 15 is 0 Å². The zero-order valence-corrected chi connectivity index (χ0v) is 17.4. The molecule has 0 aliphatic carbocycles. The summed E-state index contributed by atoms with van der Waals surface area (Å²) in [7, 11) is 0. The van der Waals surface area contributed by atoms with Crippen LogP contribution in [-0.4, -0.2) is 24.2 Å². The molecular formula is C26H32N2. The van der Waals surface area contributed by atoms with Gasteiger partial charge in [0, 0.05) is 30.7 Å². The highest BCUT2D eigenvalue weighted by Crippen LogP contribution is 2.52. The zero-order valence-electron chi connectivity index (χ0n) is 17.4. The van der Waals surface area contributed by atoms with Gasteiger partial charge in [-0.2, -0.15) is 0 Å². The maximum absolute atomic E-state index is 2.71. The van der Waals surface area contributed by atoms with Crippen LogP contribution in [0.3, 0.4) is 0 Å². The monoisotopic (exact) mass is 372 g/mol. The summed E-state index contributed by atoms with van der Waals surface area (Å²) >= 11 is 0. The van der Waals surface area contributed by atoms with Crippen LogP contribution < -0.4 is 4.90 Å². The Hall–Kier alpha value is -2.32. The maximum Gasteiger partial charge on any atom is 0.0923 e. The van der Waals surface area contributed by atoms with Crippen molar-refractivity contribution in [2.75, 3.05) is 18.0 Å². The molecule has 2 nitrogen and oxygen atoms in total. The fourth-order valence-electron chi connectivity index (χ4n) is 5.08. The lowest BCUT2D eigenvalue weighted by Gasteiger charge is -2.37. The number of nitrogens with zero attached hydrogens (tertiary/aromatic N) is 2. The molecule has 2 unspecified atom stereocenters. The SMILES string of the molecule is C/C=C\C=C(/CC)CN1CCC2(C)c3ccccc3N(Cc3ccccc3)C12. The highest BCUT2D eigenvalue weighted by Gasteiger charge is 2.53. The summed E-state index contributed by atoms with van der Waals surface area (Å²) in [5, 5.41) is 0. The molecule has 0 amide bonds. The van der Waals surface area contributed by atoms with Crippen LogP contribution in [0.15, 0.2) is 78.4 Å². The van der Waals surface area contributed by atoms with E-state index in [1.165, 1.54) is 28.8 Å². The molecule has 2 aromatic rings. The molecule has 0 saturated carbocycles. The molecule has 0 radical (unpaired) electrons. The third-order valence-electron chi connectivity index (χ3n) is 6.54. The average molecular weight is 373 g/mol. The Bertz CT molecular complexity index is 867. The van der Waals surface area contributed by atoms with Crippen LogP contribution in [0, 0.1) is 0 Å². The van der Waals surface area contributed by atoms with E-state index in [0.717, 1.165) is 26.1 Å². The normalized spacial score (nSPS) is 24.8. The van der Waals surface area contributed by atoms with Crippen LogP contribution in [0.2, 0.25) is 0 Å². The minimum Gasteiger partial charge on any atom is -0.350 e. The zero-order chi connectivity index (χ0) is 19.6. The summed E-state index contributed by atoms with van der Waals surface area (Å²) in [6.07, 6.45) is 9.36. The lowest BCUT2D eigenvalue weighted by atomic mass is 9.81. The Kier molecular flexibility index (Phi) is 5.41. The number of hydrogen-bond acceptors (Lipinski definition) is 2. The topological polar surface area (TPSA) is 6.48 Å². The molecule has 2 aromatic carbocycles. The van der Waals surface area contributed by atoms with Gasteiger partial charge in [-0.3, -0.25) is 4.90 Å². The van der Waals surface area contributed by atoms with Crippen LogP contribution in [0.1, 0.15) is 44.7 Å². The Morgan fingerprint density at radius 3 is 2.61 bits per heavy atom. The van der Waals surface area contributed by atoms with Crippen molar-refractivity contribution >= 4 is 5.69 Å². The van der Waals surface area contributed by atoms with Gasteiger partial charge < -0.3 is 4.90 Å². The van der Waals surface area contributed by atoms with E-state index < -0.39 is 0 Å². The minimum atomic E-state index is 0.199. The van der Waals surface area contributed by atoms with E-state index in [-0.39, 0.29) is 5.41 Å². The van der Waals surface area contributed by atoms with Crippen LogP contribution in [0.5, 0.6) is 0 Å². The number of benzene rings is 2. The molecule has 0 aromatic heterocycles. The van der Waals surface area contributed by atoms with Crippen molar-refractivity contribution in [3.63, 3.8) is 0 Å². The van der Waals surface area contributed by atoms with Crippen molar-refractivity contribution in [1.29, 1.82) is 0 Å². The number of hydrogen-bond donors (Lipinski definition) is 0. The number of allylic oxidation sites excluding steroid dienone is 3. The van der Waals surface area contributed by atoms with E-state index in [0.29, 0.717) is 6.17 Å². The lowest BCUT2D eigenvalue weighted by molar-refractivity contribution is 0.231.